The number of hydrogen-bond donors (Lipinski definition) is 1. The molecule has 2 aromatic rings. The molecule has 1 fully saturated rings. The minimum Gasteiger partial charge on any atom is -0.307 e. The molecule has 0 heterocycles. The summed E-state index contributed by atoms with van der Waals surface area (Å²) in [5.41, 5.74) is 1.42. The second kappa shape index (κ2) is 5.34. The molecule has 0 bridgehead atoms. The van der Waals surface area contributed by atoms with Gasteiger partial charge in [-0.05, 0) is 48.9 Å². The molecule has 19 heavy (non-hydrogen) atoms. The first-order valence-electron chi connectivity index (χ1n) is 7.49. The summed E-state index contributed by atoms with van der Waals surface area (Å²) in [6.07, 6.45) is 4.21. The number of hydrogen-bond acceptors (Lipinski definition) is 1. The van der Waals surface area contributed by atoms with Crippen molar-refractivity contribution in [1.82, 2.24) is 5.32 Å². The SMILES string of the molecule is CC(NC(C)C1CCC1)c1cccc2ccccc12. The third-order valence-electron chi connectivity index (χ3n) is 4.66. The highest BCUT2D eigenvalue weighted by molar-refractivity contribution is 5.86. The molecular formula is C18H23N. The van der Waals surface area contributed by atoms with E-state index in [2.05, 4.69) is 61.6 Å². The normalized spacial score (nSPS) is 19.1. The van der Waals surface area contributed by atoms with Crippen molar-refractivity contribution in [3.8, 4) is 0 Å². The van der Waals surface area contributed by atoms with E-state index in [9.17, 15) is 0 Å². The van der Waals surface area contributed by atoms with Gasteiger partial charge in [-0.2, -0.15) is 0 Å². The molecule has 0 spiro atoms. The molecule has 2 unspecified atom stereocenters. The van der Waals surface area contributed by atoms with E-state index in [1.807, 2.05) is 0 Å². The zero-order chi connectivity index (χ0) is 13.2. The maximum atomic E-state index is 3.79. The van der Waals surface area contributed by atoms with Crippen LogP contribution in [-0.4, -0.2) is 6.04 Å². The smallest absolute Gasteiger partial charge is 0.0300 e. The molecule has 1 N–H and O–H groups in total. The molecule has 1 heteroatoms. The number of benzene rings is 2. The first kappa shape index (κ1) is 12.7. The van der Waals surface area contributed by atoms with Crippen LogP contribution in [0.25, 0.3) is 10.8 Å². The first-order chi connectivity index (χ1) is 9.25. The van der Waals surface area contributed by atoms with Crippen molar-refractivity contribution in [3.05, 3.63) is 48.0 Å². The van der Waals surface area contributed by atoms with Crippen LogP contribution in [0.2, 0.25) is 0 Å². The average molecular weight is 253 g/mol. The quantitative estimate of drug-likeness (QED) is 0.834. The largest absolute Gasteiger partial charge is 0.307 e. The topological polar surface area (TPSA) is 12.0 Å². The Labute approximate surface area is 116 Å². The Balaban J connectivity index is 1.82. The number of rotatable bonds is 4. The standard InChI is InChI=1S/C18H23N/c1-13(15-8-5-9-15)19-14(2)17-12-6-10-16-7-3-4-11-18(16)17/h3-4,6-7,10-15,19H,5,8-9H2,1-2H3. The van der Waals surface area contributed by atoms with E-state index in [0.29, 0.717) is 12.1 Å². The minimum atomic E-state index is 0.418. The van der Waals surface area contributed by atoms with Crippen molar-refractivity contribution in [1.29, 1.82) is 0 Å². The van der Waals surface area contributed by atoms with Crippen LogP contribution in [0.3, 0.4) is 0 Å². The van der Waals surface area contributed by atoms with E-state index in [-0.39, 0.29) is 0 Å². The summed E-state index contributed by atoms with van der Waals surface area (Å²) in [7, 11) is 0. The molecular weight excluding hydrogens is 230 g/mol. The maximum Gasteiger partial charge on any atom is 0.0300 e. The predicted molar refractivity (Wildman–Crippen MR) is 82.3 cm³/mol. The number of fused-ring (bicyclic) bond motifs is 1. The highest BCUT2D eigenvalue weighted by Gasteiger charge is 2.25. The van der Waals surface area contributed by atoms with Gasteiger partial charge in [0, 0.05) is 12.1 Å². The summed E-state index contributed by atoms with van der Waals surface area (Å²) >= 11 is 0. The highest BCUT2D eigenvalue weighted by Crippen LogP contribution is 2.31. The van der Waals surface area contributed by atoms with Crippen molar-refractivity contribution in [2.45, 2.75) is 45.2 Å². The van der Waals surface area contributed by atoms with Gasteiger partial charge in [0.1, 0.15) is 0 Å². The van der Waals surface area contributed by atoms with Crippen molar-refractivity contribution < 1.29 is 0 Å². The van der Waals surface area contributed by atoms with Gasteiger partial charge in [0.25, 0.3) is 0 Å². The Morgan fingerprint density at radius 2 is 1.74 bits per heavy atom. The maximum absolute atomic E-state index is 3.79. The fourth-order valence-corrected chi connectivity index (χ4v) is 3.19. The summed E-state index contributed by atoms with van der Waals surface area (Å²) in [5.74, 6) is 0.887. The van der Waals surface area contributed by atoms with Crippen LogP contribution in [0.4, 0.5) is 0 Å². The van der Waals surface area contributed by atoms with Gasteiger partial charge in [-0.25, -0.2) is 0 Å². The van der Waals surface area contributed by atoms with E-state index in [4.69, 9.17) is 0 Å². The van der Waals surface area contributed by atoms with E-state index in [1.54, 1.807) is 0 Å². The second-order valence-electron chi connectivity index (χ2n) is 5.94. The molecule has 1 aliphatic rings. The lowest BCUT2D eigenvalue weighted by molar-refractivity contribution is 0.230. The molecule has 0 radical (unpaired) electrons. The number of nitrogens with one attached hydrogen (secondary N) is 1. The van der Waals surface area contributed by atoms with Crippen LogP contribution in [0, 0.1) is 5.92 Å². The van der Waals surface area contributed by atoms with Gasteiger partial charge >= 0.3 is 0 Å². The molecule has 0 aliphatic heterocycles. The van der Waals surface area contributed by atoms with Crippen molar-refractivity contribution in [2.24, 2.45) is 5.92 Å². The Kier molecular flexibility index (Phi) is 3.56. The summed E-state index contributed by atoms with van der Waals surface area (Å²) < 4.78 is 0. The fraction of sp³-hybridized carbons (Fsp3) is 0.444. The van der Waals surface area contributed by atoms with Gasteiger partial charge < -0.3 is 5.32 Å². The van der Waals surface area contributed by atoms with E-state index in [1.165, 1.54) is 35.6 Å². The molecule has 1 saturated carbocycles. The van der Waals surface area contributed by atoms with Crippen LogP contribution in [0.15, 0.2) is 42.5 Å². The Morgan fingerprint density at radius 3 is 2.47 bits per heavy atom. The highest BCUT2D eigenvalue weighted by atomic mass is 14.9. The van der Waals surface area contributed by atoms with E-state index < -0.39 is 0 Å². The van der Waals surface area contributed by atoms with Gasteiger partial charge in [0.15, 0.2) is 0 Å². The third-order valence-corrected chi connectivity index (χ3v) is 4.66. The molecule has 100 valence electrons. The van der Waals surface area contributed by atoms with Crippen molar-refractivity contribution >= 4 is 10.8 Å². The van der Waals surface area contributed by atoms with Crippen molar-refractivity contribution in [3.63, 3.8) is 0 Å². The zero-order valence-electron chi connectivity index (χ0n) is 11.9. The Morgan fingerprint density at radius 1 is 1.00 bits per heavy atom. The minimum absolute atomic E-state index is 0.418. The monoisotopic (exact) mass is 253 g/mol. The molecule has 1 aliphatic carbocycles. The van der Waals surface area contributed by atoms with Gasteiger partial charge in [-0.1, -0.05) is 48.9 Å². The fourth-order valence-electron chi connectivity index (χ4n) is 3.19. The van der Waals surface area contributed by atoms with E-state index >= 15 is 0 Å². The molecule has 2 aromatic carbocycles. The Hall–Kier alpha value is -1.34. The molecule has 1 nitrogen and oxygen atoms in total. The molecule has 0 saturated heterocycles. The lowest BCUT2D eigenvalue weighted by atomic mass is 9.80. The van der Waals surface area contributed by atoms with Crippen LogP contribution >= 0.6 is 0 Å². The van der Waals surface area contributed by atoms with Crippen LogP contribution < -0.4 is 5.32 Å². The lowest BCUT2D eigenvalue weighted by Gasteiger charge is -2.34. The predicted octanol–water partition coefficient (Wildman–Crippen LogP) is 4.68. The van der Waals surface area contributed by atoms with Gasteiger partial charge in [-0.15, -0.1) is 0 Å². The Bertz CT molecular complexity index is 551. The summed E-state index contributed by atoms with van der Waals surface area (Å²) in [6, 6.07) is 16.3. The lowest BCUT2D eigenvalue weighted by Crippen LogP contribution is -2.38. The summed E-state index contributed by atoms with van der Waals surface area (Å²) in [6.45, 7) is 4.63. The molecule has 0 amide bonds. The molecule has 0 aromatic heterocycles. The summed E-state index contributed by atoms with van der Waals surface area (Å²) in [4.78, 5) is 0. The van der Waals surface area contributed by atoms with Crippen molar-refractivity contribution in [2.75, 3.05) is 0 Å². The van der Waals surface area contributed by atoms with Crippen LogP contribution in [-0.2, 0) is 0 Å². The van der Waals surface area contributed by atoms with Crippen LogP contribution in [0.1, 0.15) is 44.7 Å². The average Bonchev–Trinajstić information content (AvgIpc) is 2.35. The molecule has 3 rings (SSSR count). The van der Waals surface area contributed by atoms with Gasteiger partial charge in [0.05, 0.1) is 0 Å². The first-order valence-corrected chi connectivity index (χ1v) is 7.49. The molecule has 2 atom stereocenters. The van der Waals surface area contributed by atoms with E-state index in [0.717, 1.165) is 5.92 Å². The third kappa shape index (κ3) is 2.52. The van der Waals surface area contributed by atoms with Gasteiger partial charge in [0.2, 0.25) is 0 Å². The zero-order valence-corrected chi connectivity index (χ0v) is 11.9. The van der Waals surface area contributed by atoms with Crippen LogP contribution in [0.5, 0.6) is 0 Å². The van der Waals surface area contributed by atoms with Gasteiger partial charge in [-0.3, -0.25) is 0 Å². The second-order valence-corrected chi connectivity index (χ2v) is 5.94. The summed E-state index contributed by atoms with van der Waals surface area (Å²) in [5, 5.41) is 6.51.